The summed E-state index contributed by atoms with van der Waals surface area (Å²) >= 11 is 0. The van der Waals surface area contributed by atoms with E-state index in [1.807, 2.05) is 0 Å². The van der Waals surface area contributed by atoms with E-state index in [1.54, 1.807) is 0 Å². The molecule has 0 bridgehead atoms. The van der Waals surface area contributed by atoms with E-state index < -0.39 is 0 Å². The first kappa shape index (κ1) is 9.72. The second-order valence-electron chi connectivity index (χ2n) is 3.96. The van der Waals surface area contributed by atoms with Gasteiger partial charge in [-0.1, -0.05) is 13.8 Å². The van der Waals surface area contributed by atoms with Gasteiger partial charge in [0, 0.05) is 18.9 Å². The Morgan fingerprint density at radius 2 is 2.33 bits per heavy atom. The van der Waals surface area contributed by atoms with Crippen LogP contribution in [0.2, 0.25) is 0 Å². The van der Waals surface area contributed by atoms with Crippen LogP contribution in [0.1, 0.15) is 33.1 Å². The van der Waals surface area contributed by atoms with Crippen LogP contribution < -0.4 is 0 Å². The molecule has 2 heteroatoms. The standard InChI is InChI=1S/C10H18O2/c1-8(2)3-4-10(11)9-5-6-12-7-9/h8-9H,3-7H2,1-2H3. The Balaban J connectivity index is 2.18. The fraction of sp³-hybridized carbons (Fsp3) is 0.900. The van der Waals surface area contributed by atoms with Crippen molar-refractivity contribution in [3.63, 3.8) is 0 Å². The lowest BCUT2D eigenvalue weighted by atomic mass is 9.96. The topological polar surface area (TPSA) is 26.3 Å². The van der Waals surface area contributed by atoms with Crippen LogP contribution in [0.25, 0.3) is 0 Å². The Bertz CT molecular complexity index is 146. The van der Waals surface area contributed by atoms with Crippen LogP contribution >= 0.6 is 0 Å². The van der Waals surface area contributed by atoms with Crippen LogP contribution in [-0.4, -0.2) is 19.0 Å². The maximum atomic E-state index is 11.5. The van der Waals surface area contributed by atoms with E-state index in [0.717, 1.165) is 25.9 Å². The molecule has 0 saturated carbocycles. The van der Waals surface area contributed by atoms with Crippen molar-refractivity contribution in [1.29, 1.82) is 0 Å². The smallest absolute Gasteiger partial charge is 0.138 e. The second kappa shape index (κ2) is 4.61. The third kappa shape index (κ3) is 2.94. The first-order chi connectivity index (χ1) is 5.70. The third-order valence-electron chi connectivity index (χ3n) is 2.35. The van der Waals surface area contributed by atoms with Crippen LogP contribution in [-0.2, 0) is 9.53 Å². The van der Waals surface area contributed by atoms with Crippen LogP contribution in [0.4, 0.5) is 0 Å². The fourth-order valence-corrected chi connectivity index (χ4v) is 1.42. The zero-order valence-corrected chi connectivity index (χ0v) is 8.01. The highest BCUT2D eigenvalue weighted by Gasteiger charge is 2.22. The second-order valence-corrected chi connectivity index (χ2v) is 3.96. The van der Waals surface area contributed by atoms with E-state index in [0.29, 0.717) is 18.3 Å². The average Bonchev–Trinajstić information content (AvgIpc) is 2.51. The van der Waals surface area contributed by atoms with Crippen LogP contribution in [0.15, 0.2) is 0 Å². The molecule has 2 nitrogen and oxygen atoms in total. The molecule has 0 aliphatic carbocycles. The van der Waals surface area contributed by atoms with Gasteiger partial charge in [-0.3, -0.25) is 4.79 Å². The van der Waals surface area contributed by atoms with Gasteiger partial charge in [-0.15, -0.1) is 0 Å². The molecule has 1 fully saturated rings. The van der Waals surface area contributed by atoms with Crippen molar-refractivity contribution in [3.05, 3.63) is 0 Å². The summed E-state index contributed by atoms with van der Waals surface area (Å²) in [5.41, 5.74) is 0. The average molecular weight is 170 g/mol. The number of ether oxygens (including phenoxy) is 1. The lowest BCUT2D eigenvalue weighted by Crippen LogP contribution is -2.14. The first-order valence-corrected chi connectivity index (χ1v) is 4.80. The fourth-order valence-electron chi connectivity index (χ4n) is 1.42. The lowest BCUT2D eigenvalue weighted by molar-refractivity contribution is -0.123. The molecular formula is C10H18O2. The zero-order valence-electron chi connectivity index (χ0n) is 8.01. The monoisotopic (exact) mass is 170 g/mol. The van der Waals surface area contributed by atoms with Crippen molar-refractivity contribution < 1.29 is 9.53 Å². The maximum absolute atomic E-state index is 11.5. The molecule has 1 unspecified atom stereocenters. The summed E-state index contributed by atoms with van der Waals surface area (Å²) in [7, 11) is 0. The molecule has 0 N–H and O–H groups in total. The molecule has 0 radical (unpaired) electrons. The molecule has 0 aromatic heterocycles. The number of rotatable bonds is 4. The summed E-state index contributed by atoms with van der Waals surface area (Å²) in [6.07, 6.45) is 2.71. The highest BCUT2D eigenvalue weighted by Crippen LogP contribution is 2.17. The molecular weight excluding hydrogens is 152 g/mol. The van der Waals surface area contributed by atoms with Gasteiger partial charge in [0.2, 0.25) is 0 Å². The summed E-state index contributed by atoms with van der Waals surface area (Å²) in [6.45, 7) is 5.74. The Morgan fingerprint density at radius 3 is 2.83 bits per heavy atom. The number of hydrogen-bond donors (Lipinski definition) is 0. The first-order valence-electron chi connectivity index (χ1n) is 4.80. The van der Waals surface area contributed by atoms with Crippen molar-refractivity contribution in [3.8, 4) is 0 Å². The summed E-state index contributed by atoms with van der Waals surface area (Å²) in [4.78, 5) is 11.5. The van der Waals surface area contributed by atoms with E-state index in [9.17, 15) is 4.79 Å². The van der Waals surface area contributed by atoms with Gasteiger partial charge in [-0.2, -0.15) is 0 Å². The molecule has 1 heterocycles. The number of carbonyl (C=O) groups is 1. The molecule has 0 aromatic rings. The molecule has 70 valence electrons. The summed E-state index contributed by atoms with van der Waals surface area (Å²) in [5.74, 6) is 1.25. The number of Topliss-reactive ketones (excluding diaryl/α,β-unsaturated/α-hetero) is 1. The van der Waals surface area contributed by atoms with Gasteiger partial charge in [-0.05, 0) is 18.8 Å². The molecule has 12 heavy (non-hydrogen) atoms. The normalized spacial score (nSPS) is 23.4. The van der Waals surface area contributed by atoms with Gasteiger partial charge in [0.05, 0.1) is 6.61 Å². The molecule has 0 spiro atoms. The summed E-state index contributed by atoms with van der Waals surface area (Å²) in [5, 5.41) is 0. The van der Waals surface area contributed by atoms with E-state index in [2.05, 4.69) is 13.8 Å². The van der Waals surface area contributed by atoms with Crippen molar-refractivity contribution in [2.45, 2.75) is 33.1 Å². The van der Waals surface area contributed by atoms with Crippen molar-refractivity contribution in [2.24, 2.45) is 11.8 Å². The van der Waals surface area contributed by atoms with E-state index in [4.69, 9.17) is 4.74 Å². The molecule has 1 aliphatic heterocycles. The number of carbonyl (C=O) groups excluding carboxylic acids is 1. The van der Waals surface area contributed by atoms with Gasteiger partial charge in [-0.25, -0.2) is 0 Å². The minimum Gasteiger partial charge on any atom is -0.381 e. The minimum atomic E-state index is 0.212. The van der Waals surface area contributed by atoms with Crippen molar-refractivity contribution in [2.75, 3.05) is 13.2 Å². The van der Waals surface area contributed by atoms with Crippen LogP contribution in [0.3, 0.4) is 0 Å². The minimum absolute atomic E-state index is 0.212. The molecule has 0 amide bonds. The van der Waals surface area contributed by atoms with Gasteiger partial charge >= 0.3 is 0 Å². The number of ketones is 1. The predicted octanol–water partition coefficient (Wildman–Crippen LogP) is 2.03. The molecule has 1 saturated heterocycles. The largest absolute Gasteiger partial charge is 0.381 e. The molecule has 1 aliphatic rings. The molecule has 1 rings (SSSR count). The van der Waals surface area contributed by atoms with Crippen molar-refractivity contribution in [1.82, 2.24) is 0 Å². The SMILES string of the molecule is CC(C)CCC(=O)C1CCOC1. The third-order valence-corrected chi connectivity index (χ3v) is 2.35. The summed E-state index contributed by atoms with van der Waals surface area (Å²) in [6, 6.07) is 0. The Hall–Kier alpha value is -0.370. The zero-order chi connectivity index (χ0) is 8.97. The van der Waals surface area contributed by atoms with Crippen LogP contribution in [0.5, 0.6) is 0 Å². The lowest BCUT2D eigenvalue weighted by Gasteiger charge is -2.07. The quantitative estimate of drug-likeness (QED) is 0.645. The predicted molar refractivity (Wildman–Crippen MR) is 48.0 cm³/mol. The van der Waals surface area contributed by atoms with Crippen molar-refractivity contribution >= 4 is 5.78 Å². The number of hydrogen-bond acceptors (Lipinski definition) is 2. The summed E-state index contributed by atoms with van der Waals surface area (Å²) < 4.78 is 5.16. The van der Waals surface area contributed by atoms with E-state index >= 15 is 0 Å². The highest BCUT2D eigenvalue weighted by atomic mass is 16.5. The van der Waals surface area contributed by atoms with Crippen LogP contribution in [0, 0.1) is 11.8 Å². The van der Waals surface area contributed by atoms with Gasteiger partial charge in [0.15, 0.2) is 0 Å². The Kier molecular flexibility index (Phi) is 3.73. The highest BCUT2D eigenvalue weighted by molar-refractivity contribution is 5.81. The van der Waals surface area contributed by atoms with Gasteiger partial charge < -0.3 is 4.74 Å². The van der Waals surface area contributed by atoms with E-state index in [-0.39, 0.29) is 5.92 Å². The molecule has 0 aromatic carbocycles. The van der Waals surface area contributed by atoms with Gasteiger partial charge in [0.25, 0.3) is 0 Å². The maximum Gasteiger partial charge on any atom is 0.138 e. The Labute approximate surface area is 74.3 Å². The Morgan fingerprint density at radius 1 is 1.58 bits per heavy atom. The van der Waals surface area contributed by atoms with E-state index in [1.165, 1.54) is 0 Å². The molecule has 1 atom stereocenters. The van der Waals surface area contributed by atoms with Gasteiger partial charge in [0.1, 0.15) is 5.78 Å².